The number of benzene rings is 1. The molecule has 3 unspecified atom stereocenters. The minimum absolute atomic E-state index is 0.147. The van der Waals surface area contributed by atoms with Gasteiger partial charge in [-0.3, -0.25) is 9.59 Å². The van der Waals surface area contributed by atoms with E-state index in [1.165, 1.54) is 12.1 Å². The van der Waals surface area contributed by atoms with E-state index in [1.807, 2.05) is 6.92 Å². The van der Waals surface area contributed by atoms with E-state index < -0.39 is 23.6 Å². The van der Waals surface area contributed by atoms with Crippen molar-refractivity contribution in [3.8, 4) is 5.75 Å². The van der Waals surface area contributed by atoms with Gasteiger partial charge in [-0.2, -0.15) is 0 Å². The average Bonchev–Trinajstić information content (AvgIpc) is 3.25. The molecule has 1 fully saturated rings. The predicted molar refractivity (Wildman–Crippen MR) is 73.3 cm³/mol. The minimum atomic E-state index is -0.940. The molecule has 6 heteroatoms. The number of hydrogen-bond donors (Lipinski definition) is 2. The van der Waals surface area contributed by atoms with Crippen LogP contribution in [-0.2, 0) is 9.59 Å². The number of carboxylic acids is 1. The van der Waals surface area contributed by atoms with Gasteiger partial charge in [0.25, 0.3) is 0 Å². The third-order valence-corrected chi connectivity index (χ3v) is 3.53. The van der Waals surface area contributed by atoms with Crippen LogP contribution >= 0.6 is 0 Å². The number of carbonyl (C=O) groups excluding carboxylic acids is 1. The van der Waals surface area contributed by atoms with Gasteiger partial charge in [-0.15, -0.1) is 0 Å². The van der Waals surface area contributed by atoms with Crippen molar-refractivity contribution >= 4 is 11.9 Å². The SMILES string of the molecule is CCC(CNC(=O)C1CC1C(=O)O)Oc1ccccc1F. The highest BCUT2D eigenvalue weighted by molar-refractivity contribution is 5.89. The lowest BCUT2D eigenvalue weighted by molar-refractivity contribution is -0.140. The fourth-order valence-corrected chi connectivity index (χ4v) is 2.09. The summed E-state index contributed by atoms with van der Waals surface area (Å²) in [5.74, 6) is -2.54. The Hall–Kier alpha value is -2.11. The Morgan fingerprint density at radius 2 is 2.14 bits per heavy atom. The molecule has 114 valence electrons. The predicted octanol–water partition coefficient (Wildman–Crippen LogP) is 1.82. The van der Waals surface area contributed by atoms with Crippen LogP contribution in [-0.4, -0.2) is 29.6 Å². The van der Waals surface area contributed by atoms with Gasteiger partial charge >= 0.3 is 5.97 Å². The van der Waals surface area contributed by atoms with E-state index in [1.54, 1.807) is 12.1 Å². The first-order valence-corrected chi connectivity index (χ1v) is 6.94. The van der Waals surface area contributed by atoms with Gasteiger partial charge in [0.2, 0.25) is 5.91 Å². The van der Waals surface area contributed by atoms with Crippen molar-refractivity contribution in [2.75, 3.05) is 6.54 Å². The number of hydrogen-bond acceptors (Lipinski definition) is 3. The normalized spacial score (nSPS) is 21.4. The molecule has 1 aromatic rings. The van der Waals surface area contributed by atoms with Gasteiger partial charge in [0.15, 0.2) is 11.6 Å². The molecule has 1 amide bonds. The number of carbonyl (C=O) groups is 2. The lowest BCUT2D eigenvalue weighted by Crippen LogP contribution is -2.36. The van der Waals surface area contributed by atoms with E-state index in [2.05, 4.69) is 5.32 Å². The molecule has 1 aromatic carbocycles. The van der Waals surface area contributed by atoms with E-state index in [9.17, 15) is 14.0 Å². The van der Waals surface area contributed by atoms with Gasteiger partial charge < -0.3 is 15.2 Å². The highest BCUT2D eigenvalue weighted by Crippen LogP contribution is 2.38. The number of para-hydroxylation sites is 1. The number of nitrogens with one attached hydrogen (secondary N) is 1. The van der Waals surface area contributed by atoms with Crippen LogP contribution in [0.25, 0.3) is 0 Å². The van der Waals surface area contributed by atoms with Gasteiger partial charge in [0, 0.05) is 0 Å². The molecule has 1 aliphatic rings. The Morgan fingerprint density at radius 1 is 1.43 bits per heavy atom. The molecular weight excluding hydrogens is 277 g/mol. The lowest BCUT2D eigenvalue weighted by Gasteiger charge is -2.18. The number of halogens is 1. The Labute approximate surface area is 122 Å². The zero-order valence-electron chi connectivity index (χ0n) is 11.7. The largest absolute Gasteiger partial charge is 0.486 e. The summed E-state index contributed by atoms with van der Waals surface area (Å²) in [5.41, 5.74) is 0. The Bertz CT molecular complexity index is 534. The Morgan fingerprint density at radius 3 is 2.71 bits per heavy atom. The summed E-state index contributed by atoms with van der Waals surface area (Å²) < 4.78 is 19.0. The van der Waals surface area contributed by atoms with Crippen molar-refractivity contribution in [2.45, 2.75) is 25.9 Å². The molecule has 0 aromatic heterocycles. The topological polar surface area (TPSA) is 75.6 Å². The zero-order chi connectivity index (χ0) is 15.4. The summed E-state index contributed by atoms with van der Waals surface area (Å²) in [6, 6.07) is 6.08. The van der Waals surface area contributed by atoms with E-state index in [4.69, 9.17) is 9.84 Å². The maximum absolute atomic E-state index is 13.5. The molecule has 0 radical (unpaired) electrons. The van der Waals surface area contributed by atoms with Crippen LogP contribution < -0.4 is 10.1 Å². The summed E-state index contributed by atoms with van der Waals surface area (Å²) in [6.45, 7) is 2.10. The third kappa shape index (κ3) is 3.93. The van der Waals surface area contributed by atoms with Crippen molar-refractivity contribution in [3.05, 3.63) is 30.1 Å². The van der Waals surface area contributed by atoms with Crippen molar-refractivity contribution in [1.82, 2.24) is 5.32 Å². The van der Waals surface area contributed by atoms with Gasteiger partial charge in [0.05, 0.1) is 18.4 Å². The molecule has 3 atom stereocenters. The molecular formula is C15H18FNO4. The molecule has 0 aliphatic heterocycles. The molecule has 0 heterocycles. The van der Waals surface area contributed by atoms with Gasteiger partial charge in [-0.1, -0.05) is 19.1 Å². The molecule has 5 nitrogen and oxygen atoms in total. The van der Waals surface area contributed by atoms with Gasteiger partial charge in [-0.25, -0.2) is 4.39 Å². The van der Waals surface area contributed by atoms with Crippen LogP contribution in [0.15, 0.2) is 24.3 Å². The first-order chi connectivity index (χ1) is 10.0. The van der Waals surface area contributed by atoms with Crippen molar-refractivity contribution < 1.29 is 23.8 Å². The van der Waals surface area contributed by atoms with Gasteiger partial charge in [-0.05, 0) is 25.0 Å². The summed E-state index contributed by atoms with van der Waals surface area (Å²) in [5, 5.41) is 11.4. The molecule has 0 saturated heterocycles. The van der Waals surface area contributed by atoms with Crippen molar-refractivity contribution in [2.24, 2.45) is 11.8 Å². The maximum Gasteiger partial charge on any atom is 0.307 e. The summed E-state index contributed by atoms with van der Waals surface area (Å²) in [6.07, 6.45) is 0.626. The Balaban J connectivity index is 1.82. The van der Waals surface area contributed by atoms with Crippen LogP contribution in [0.4, 0.5) is 4.39 Å². The summed E-state index contributed by atoms with van der Waals surface area (Å²) in [4.78, 5) is 22.5. The van der Waals surface area contributed by atoms with E-state index in [0.29, 0.717) is 12.8 Å². The van der Waals surface area contributed by atoms with Crippen LogP contribution in [0.5, 0.6) is 5.75 Å². The first-order valence-electron chi connectivity index (χ1n) is 6.94. The van der Waals surface area contributed by atoms with Gasteiger partial charge in [0.1, 0.15) is 6.10 Å². The average molecular weight is 295 g/mol. The van der Waals surface area contributed by atoms with E-state index in [-0.39, 0.29) is 24.3 Å². The fourth-order valence-electron chi connectivity index (χ4n) is 2.09. The van der Waals surface area contributed by atoms with Crippen LogP contribution in [0.2, 0.25) is 0 Å². The fraction of sp³-hybridized carbons (Fsp3) is 0.467. The quantitative estimate of drug-likeness (QED) is 0.804. The third-order valence-electron chi connectivity index (χ3n) is 3.53. The van der Waals surface area contributed by atoms with E-state index in [0.717, 1.165) is 0 Å². The number of rotatable bonds is 7. The highest BCUT2D eigenvalue weighted by atomic mass is 19.1. The maximum atomic E-state index is 13.5. The molecule has 0 bridgehead atoms. The second kappa shape index (κ2) is 6.56. The molecule has 1 saturated carbocycles. The molecule has 2 N–H and O–H groups in total. The van der Waals surface area contributed by atoms with Crippen LogP contribution in [0, 0.1) is 17.7 Å². The second-order valence-corrected chi connectivity index (χ2v) is 5.11. The highest BCUT2D eigenvalue weighted by Gasteiger charge is 2.48. The van der Waals surface area contributed by atoms with Crippen LogP contribution in [0.3, 0.4) is 0 Å². The first kappa shape index (κ1) is 15.3. The van der Waals surface area contributed by atoms with Crippen LogP contribution in [0.1, 0.15) is 19.8 Å². The zero-order valence-corrected chi connectivity index (χ0v) is 11.7. The van der Waals surface area contributed by atoms with E-state index >= 15 is 0 Å². The number of ether oxygens (including phenoxy) is 1. The summed E-state index contributed by atoms with van der Waals surface area (Å²) in [7, 11) is 0. The standard InChI is InChI=1S/C15H18FNO4/c1-2-9(21-13-6-4-3-5-12(13)16)8-17-14(18)10-7-11(10)15(19)20/h3-6,9-11H,2,7-8H2,1H3,(H,17,18)(H,19,20). The molecule has 21 heavy (non-hydrogen) atoms. The molecule has 2 rings (SSSR count). The number of aliphatic carboxylic acids is 1. The number of amides is 1. The smallest absolute Gasteiger partial charge is 0.307 e. The molecule has 0 spiro atoms. The molecule has 1 aliphatic carbocycles. The lowest BCUT2D eigenvalue weighted by atomic mass is 10.2. The van der Waals surface area contributed by atoms with Crippen molar-refractivity contribution in [3.63, 3.8) is 0 Å². The Kier molecular flexibility index (Phi) is 4.77. The number of carboxylic acid groups (broad SMARTS) is 1. The second-order valence-electron chi connectivity index (χ2n) is 5.11. The summed E-state index contributed by atoms with van der Waals surface area (Å²) >= 11 is 0. The monoisotopic (exact) mass is 295 g/mol. The minimum Gasteiger partial charge on any atom is -0.486 e. The van der Waals surface area contributed by atoms with Crippen molar-refractivity contribution in [1.29, 1.82) is 0 Å².